The van der Waals surface area contributed by atoms with Crippen molar-refractivity contribution >= 4 is 34.6 Å². The molecular formula is C27H30ClN3O4. The fraction of sp³-hybridized carbons (Fsp3) is 0.296. The zero-order chi connectivity index (χ0) is 24.6. The van der Waals surface area contributed by atoms with Crippen molar-refractivity contribution in [1.82, 2.24) is 0 Å². The number of benzene rings is 3. The number of nitrogens with one attached hydrogen (secondary N) is 2. The molecule has 3 aromatic rings. The number of amides is 1. The lowest BCUT2D eigenvalue weighted by molar-refractivity contribution is -0.118. The van der Waals surface area contributed by atoms with Gasteiger partial charge >= 0.3 is 0 Å². The van der Waals surface area contributed by atoms with E-state index in [2.05, 4.69) is 15.5 Å². The van der Waals surface area contributed by atoms with Crippen LogP contribution in [0.2, 0.25) is 5.02 Å². The van der Waals surface area contributed by atoms with Crippen LogP contribution in [0.3, 0.4) is 0 Å². The number of nitrogens with zero attached hydrogens (tertiary/aromatic N) is 1. The monoisotopic (exact) mass is 495 g/mol. The summed E-state index contributed by atoms with van der Waals surface area (Å²) in [6, 6.07) is 19.2. The van der Waals surface area contributed by atoms with Crippen LogP contribution in [0.4, 0.5) is 17.1 Å². The molecule has 0 atom stereocenters. The van der Waals surface area contributed by atoms with E-state index >= 15 is 0 Å². The highest BCUT2D eigenvalue weighted by atomic mass is 35.5. The number of hydrogen-bond donors (Lipinski definition) is 2. The normalized spacial score (nSPS) is 13.3. The zero-order valence-electron chi connectivity index (χ0n) is 20.0. The van der Waals surface area contributed by atoms with Crippen molar-refractivity contribution in [2.24, 2.45) is 0 Å². The van der Waals surface area contributed by atoms with Gasteiger partial charge < -0.3 is 29.7 Å². The predicted octanol–water partition coefficient (Wildman–Crippen LogP) is 5.12. The summed E-state index contributed by atoms with van der Waals surface area (Å²) in [6.45, 7) is 5.40. The average molecular weight is 496 g/mol. The van der Waals surface area contributed by atoms with Gasteiger partial charge in [0, 0.05) is 36.6 Å². The van der Waals surface area contributed by atoms with E-state index in [9.17, 15) is 4.79 Å². The molecule has 0 aromatic heterocycles. The molecular weight excluding hydrogens is 466 g/mol. The number of para-hydroxylation sites is 1. The van der Waals surface area contributed by atoms with Gasteiger partial charge in [0.25, 0.3) is 5.91 Å². The molecule has 1 amide bonds. The van der Waals surface area contributed by atoms with Crippen molar-refractivity contribution < 1.29 is 19.0 Å². The summed E-state index contributed by atoms with van der Waals surface area (Å²) < 4.78 is 16.8. The second-order valence-electron chi connectivity index (χ2n) is 8.27. The standard InChI is InChI=1S/C27H30ClN3O4/c1-19-6-8-21(9-7-19)30-26(32)18-35-27-20(4-3-5-25(27)33-2)17-29-22-10-11-24(23(28)16-22)31-12-14-34-15-13-31/h3-11,16,29H,12-15,17-18H2,1-2H3,(H,30,32). The smallest absolute Gasteiger partial charge is 0.262 e. The van der Waals surface area contributed by atoms with Crippen LogP contribution in [0.1, 0.15) is 11.1 Å². The minimum Gasteiger partial charge on any atom is -0.493 e. The molecule has 7 nitrogen and oxygen atoms in total. The lowest BCUT2D eigenvalue weighted by Crippen LogP contribution is -2.36. The predicted molar refractivity (Wildman–Crippen MR) is 140 cm³/mol. The summed E-state index contributed by atoms with van der Waals surface area (Å²) in [6.07, 6.45) is 0. The van der Waals surface area contributed by atoms with E-state index in [1.807, 2.05) is 67.6 Å². The summed E-state index contributed by atoms with van der Waals surface area (Å²) in [4.78, 5) is 14.7. The maximum Gasteiger partial charge on any atom is 0.262 e. The van der Waals surface area contributed by atoms with Gasteiger partial charge in [-0.25, -0.2) is 0 Å². The van der Waals surface area contributed by atoms with Crippen molar-refractivity contribution in [2.45, 2.75) is 13.5 Å². The maximum atomic E-state index is 12.4. The minimum atomic E-state index is -0.246. The number of carbonyl (C=O) groups excluding carboxylic acids is 1. The number of hydrogen-bond acceptors (Lipinski definition) is 6. The average Bonchev–Trinajstić information content (AvgIpc) is 2.88. The molecule has 1 aliphatic rings. The van der Waals surface area contributed by atoms with E-state index in [1.54, 1.807) is 7.11 Å². The molecule has 184 valence electrons. The van der Waals surface area contributed by atoms with Crippen LogP contribution in [0.25, 0.3) is 0 Å². The Morgan fingerprint density at radius 1 is 1.06 bits per heavy atom. The highest BCUT2D eigenvalue weighted by Gasteiger charge is 2.16. The molecule has 1 heterocycles. The summed E-state index contributed by atoms with van der Waals surface area (Å²) in [5.41, 5.74) is 4.61. The number of aryl methyl sites for hydroxylation is 1. The van der Waals surface area contributed by atoms with Crippen molar-refractivity contribution in [3.05, 3.63) is 76.8 Å². The van der Waals surface area contributed by atoms with Crippen LogP contribution in [0, 0.1) is 6.92 Å². The molecule has 0 radical (unpaired) electrons. The van der Waals surface area contributed by atoms with Crippen LogP contribution >= 0.6 is 11.6 Å². The third kappa shape index (κ3) is 6.59. The molecule has 35 heavy (non-hydrogen) atoms. The zero-order valence-corrected chi connectivity index (χ0v) is 20.7. The fourth-order valence-corrected chi connectivity index (χ4v) is 4.17. The summed E-state index contributed by atoms with van der Waals surface area (Å²) in [7, 11) is 1.58. The molecule has 1 fully saturated rings. The molecule has 3 aromatic carbocycles. The first-order chi connectivity index (χ1) is 17.0. The van der Waals surface area contributed by atoms with Crippen LogP contribution in [-0.4, -0.2) is 45.9 Å². The molecule has 0 bridgehead atoms. The van der Waals surface area contributed by atoms with E-state index in [4.69, 9.17) is 25.8 Å². The van der Waals surface area contributed by atoms with Gasteiger partial charge in [0.2, 0.25) is 0 Å². The number of halogens is 1. The van der Waals surface area contributed by atoms with Gasteiger partial charge in [0.05, 0.1) is 31.0 Å². The van der Waals surface area contributed by atoms with E-state index in [-0.39, 0.29) is 12.5 Å². The van der Waals surface area contributed by atoms with E-state index in [1.165, 1.54) is 0 Å². The number of methoxy groups -OCH3 is 1. The first-order valence-corrected chi connectivity index (χ1v) is 11.9. The second-order valence-corrected chi connectivity index (χ2v) is 8.68. The molecule has 1 aliphatic heterocycles. The molecule has 0 unspecified atom stereocenters. The molecule has 0 spiro atoms. The Morgan fingerprint density at radius 3 is 2.51 bits per heavy atom. The Kier molecular flexibility index (Phi) is 8.34. The highest BCUT2D eigenvalue weighted by molar-refractivity contribution is 6.33. The first kappa shape index (κ1) is 24.7. The molecule has 2 N–H and O–H groups in total. The van der Waals surface area contributed by atoms with Gasteiger partial charge in [0.15, 0.2) is 18.1 Å². The van der Waals surface area contributed by atoms with Gasteiger partial charge in [-0.15, -0.1) is 0 Å². The largest absolute Gasteiger partial charge is 0.493 e. The molecule has 0 aliphatic carbocycles. The minimum absolute atomic E-state index is 0.138. The summed E-state index contributed by atoms with van der Waals surface area (Å²) in [5.74, 6) is 0.842. The van der Waals surface area contributed by atoms with Crippen LogP contribution in [-0.2, 0) is 16.1 Å². The second kappa shape index (κ2) is 11.8. The van der Waals surface area contributed by atoms with Crippen molar-refractivity contribution in [2.75, 3.05) is 55.6 Å². The molecule has 0 saturated carbocycles. The maximum absolute atomic E-state index is 12.4. The molecule has 1 saturated heterocycles. The highest BCUT2D eigenvalue weighted by Crippen LogP contribution is 2.33. The Bertz CT molecular complexity index is 1150. The van der Waals surface area contributed by atoms with E-state index in [0.717, 1.165) is 41.3 Å². The molecule has 4 rings (SSSR count). The van der Waals surface area contributed by atoms with E-state index < -0.39 is 0 Å². The van der Waals surface area contributed by atoms with Gasteiger partial charge in [-0.2, -0.15) is 0 Å². The van der Waals surface area contributed by atoms with Crippen molar-refractivity contribution in [1.29, 1.82) is 0 Å². The first-order valence-electron chi connectivity index (χ1n) is 11.5. The summed E-state index contributed by atoms with van der Waals surface area (Å²) in [5, 5.41) is 6.93. The van der Waals surface area contributed by atoms with Crippen LogP contribution in [0.15, 0.2) is 60.7 Å². The quantitative estimate of drug-likeness (QED) is 0.429. The summed E-state index contributed by atoms with van der Waals surface area (Å²) >= 11 is 6.57. The third-order valence-corrected chi connectivity index (χ3v) is 6.05. The van der Waals surface area contributed by atoms with Crippen LogP contribution < -0.4 is 25.0 Å². The lowest BCUT2D eigenvalue weighted by Gasteiger charge is -2.29. The van der Waals surface area contributed by atoms with Gasteiger partial charge in [0.1, 0.15) is 0 Å². The number of anilines is 3. The Labute approximate surface area is 210 Å². The van der Waals surface area contributed by atoms with Crippen molar-refractivity contribution in [3.63, 3.8) is 0 Å². The van der Waals surface area contributed by atoms with Crippen molar-refractivity contribution in [3.8, 4) is 11.5 Å². The Balaban J connectivity index is 1.40. The number of rotatable bonds is 9. The van der Waals surface area contributed by atoms with E-state index in [0.29, 0.717) is 36.3 Å². The number of ether oxygens (including phenoxy) is 3. The van der Waals surface area contributed by atoms with Crippen LogP contribution in [0.5, 0.6) is 11.5 Å². The topological polar surface area (TPSA) is 72.1 Å². The van der Waals surface area contributed by atoms with Gasteiger partial charge in [-0.05, 0) is 43.3 Å². The fourth-order valence-electron chi connectivity index (χ4n) is 3.87. The number of morpholine rings is 1. The van der Waals surface area contributed by atoms with Gasteiger partial charge in [-0.3, -0.25) is 4.79 Å². The SMILES string of the molecule is COc1cccc(CNc2ccc(N3CCOCC3)c(Cl)c2)c1OCC(=O)Nc1ccc(C)cc1. The van der Waals surface area contributed by atoms with Gasteiger partial charge in [-0.1, -0.05) is 41.4 Å². The Hall–Kier alpha value is -3.42. The Morgan fingerprint density at radius 2 is 1.80 bits per heavy atom. The molecule has 8 heteroatoms. The number of carbonyl (C=O) groups is 1. The third-order valence-electron chi connectivity index (χ3n) is 5.75. The lowest BCUT2D eigenvalue weighted by atomic mass is 10.1.